The first-order valence-corrected chi connectivity index (χ1v) is 10.7. The summed E-state index contributed by atoms with van der Waals surface area (Å²) in [7, 11) is 3.19. The minimum atomic E-state index is -0.335. The summed E-state index contributed by atoms with van der Waals surface area (Å²) in [5.41, 5.74) is 2.16. The van der Waals surface area contributed by atoms with Gasteiger partial charge >= 0.3 is 0 Å². The molecule has 0 spiro atoms. The first-order chi connectivity index (χ1) is 14.5. The third-order valence-electron chi connectivity index (χ3n) is 5.21. The highest BCUT2D eigenvalue weighted by molar-refractivity contribution is 7.21. The number of methoxy groups -OCH3 is 2. The predicted molar refractivity (Wildman–Crippen MR) is 118 cm³/mol. The van der Waals surface area contributed by atoms with Crippen LogP contribution in [-0.2, 0) is 17.8 Å². The van der Waals surface area contributed by atoms with E-state index in [2.05, 4.69) is 5.32 Å². The second-order valence-corrected chi connectivity index (χ2v) is 8.40. The van der Waals surface area contributed by atoms with Crippen molar-refractivity contribution < 1.29 is 19.1 Å². The fourth-order valence-electron chi connectivity index (χ4n) is 3.60. The number of hydrogen-bond donors (Lipinski definition) is 1. The maximum absolute atomic E-state index is 12.7. The lowest BCUT2D eigenvalue weighted by Gasteiger charge is -2.29. The van der Waals surface area contributed by atoms with Crippen LogP contribution in [0.2, 0.25) is 5.02 Å². The van der Waals surface area contributed by atoms with Crippen molar-refractivity contribution in [3.63, 3.8) is 0 Å². The minimum absolute atomic E-state index is 0.0774. The number of rotatable bonds is 5. The highest BCUT2D eigenvalue weighted by Gasteiger charge is 2.24. The van der Waals surface area contributed by atoms with E-state index >= 15 is 0 Å². The number of ether oxygens (including phenoxy) is 2. The van der Waals surface area contributed by atoms with Crippen LogP contribution < -0.4 is 14.8 Å². The maximum Gasteiger partial charge on any atom is 0.263 e. The van der Waals surface area contributed by atoms with Gasteiger partial charge < -0.3 is 19.7 Å². The molecule has 0 radical (unpaired) electrons. The Morgan fingerprint density at radius 1 is 1.13 bits per heavy atom. The van der Waals surface area contributed by atoms with Crippen molar-refractivity contribution in [3.05, 3.63) is 57.4 Å². The topological polar surface area (TPSA) is 67.9 Å². The van der Waals surface area contributed by atoms with Gasteiger partial charge in [0.05, 0.1) is 25.8 Å². The number of thiophene rings is 1. The summed E-state index contributed by atoms with van der Waals surface area (Å²) in [6.07, 6.45) is 0.720. The number of nitrogens with one attached hydrogen (secondary N) is 1. The van der Waals surface area contributed by atoms with Gasteiger partial charge in [-0.2, -0.15) is 0 Å². The summed E-state index contributed by atoms with van der Waals surface area (Å²) < 4.78 is 11.7. The molecule has 2 heterocycles. The van der Waals surface area contributed by atoms with Crippen molar-refractivity contribution in [2.24, 2.45) is 0 Å². The number of amides is 2. The monoisotopic (exact) mass is 444 g/mol. The molecule has 6 nitrogen and oxygen atoms in total. The standard InChI is InChI=1S/C22H21ClN2O4S/c1-28-16-9-13-7-8-25(12-14(13)10-17(16)29-2)19(26)11-24-22(27)21-20(23)15-5-3-4-6-18(15)30-21/h3-6,9-10H,7-8,11-12H2,1-2H3,(H,24,27). The van der Waals surface area contributed by atoms with Crippen LogP contribution in [0.25, 0.3) is 10.1 Å². The molecule has 0 aliphatic carbocycles. The first kappa shape index (κ1) is 20.5. The van der Waals surface area contributed by atoms with Crippen molar-refractivity contribution in [3.8, 4) is 11.5 Å². The summed E-state index contributed by atoms with van der Waals surface area (Å²) in [4.78, 5) is 27.5. The van der Waals surface area contributed by atoms with Crippen LogP contribution in [0.15, 0.2) is 36.4 Å². The Kier molecular flexibility index (Phi) is 5.83. The third-order valence-corrected chi connectivity index (χ3v) is 6.89. The Balaban J connectivity index is 1.42. The Hall–Kier alpha value is -2.77. The van der Waals surface area contributed by atoms with Gasteiger partial charge in [-0.15, -0.1) is 11.3 Å². The van der Waals surface area contributed by atoms with E-state index in [0.29, 0.717) is 34.5 Å². The molecule has 0 fully saturated rings. The van der Waals surface area contributed by atoms with Crippen LogP contribution in [0, 0.1) is 0 Å². The Labute approximate surface area is 183 Å². The number of fused-ring (bicyclic) bond motifs is 2. The molecule has 2 amide bonds. The average Bonchev–Trinajstić information content (AvgIpc) is 3.12. The molecule has 2 aromatic carbocycles. The second kappa shape index (κ2) is 8.53. The quantitative estimate of drug-likeness (QED) is 0.648. The average molecular weight is 445 g/mol. The summed E-state index contributed by atoms with van der Waals surface area (Å²) in [5, 5.41) is 3.98. The van der Waals surface area contributed by atoms with Gasteiger partial charge in [0, 0.05) is 23.2 Å². The molecule has 1 aliphatic rings. The van der Waals surface area contributed by atoms with E-state index in [0.717, 1.165) is 27.6 Å². The third kappa shape index (κ3) is 3.82. The molecule has 1 aromatic heterocycles. The molecule has 30 heavy (non-hydrogen) atoms. The Bertz CT molecular complexity index is 1130. The highest BCUT2D eigenvalue weighted by atomic mass is 35.5. The number of halogens is 1. The van der Waals surface area contributed by atoms with Crippen LogP contribution in [-0.4, -0.2) is 44.0 Å². The van der Waals surface area contributed by atoms with Crippen LogP contribution >= 0.6 is 22.9 Å². The van der Waals surface area contributed by atoms with Gasteiger partial charge in [-0.05, 0) is 35.7 Å². The van der Waals surface area contributed by atoms with E-state index in [4.69, 9.17) is 21.1 Å². The molecular weight excluding hydrogens is 424 g/mol. The van der Waals surface area contributed by atoms with Gasteiger partial charge in [0.2, 0.25) is 5.91 Å². The fourth-order valence-corrected chi connectivity index (χ4v) is 5.04. The van der Waals surface area contributed by atoms with Crippen LogP contribution in [0.4, 0.5) is 0 Å². The molecule has 3 aromatic rings. The number of benzene rings is 2. The maximum atomic E-state index is 12.7. The predicted octanol–water partition coefficient (Wildman–Crippen LogP) is 3.89. The molecule has 0 bridgehead atoms. The molecule has 0 saturated heterocycles. The van der Waals surface area contributed by atoms with Crippen molar-refractivity contribution in [1.29, 1.82) is 0 Å². The smallest absolute Gasteiger partial charge is 0.263 e. The lowest BCUT2D eigenvalue weighted by Crippen LogP contribution is -2.42. The zero-order valence-electron chi connectivity index (χ0n) is 16.7. The molecule has 0 atom stereocenters. The normalized spacial score (nSPS) is 13.1. The van der Waals surface area contributed by atoms with Crippen LogP contribution in [0.3, 0.4) is 0 Å². The summed E-state index contributed by atoms with van der Waals surface area (Å²) >= 11 is 7.68. The van der Waals surface area contributed by atoms with E-state index in [9.17, 15) is 9.59 Å². The van der Waals surface area contributed by atoms with Gasteiger partial charge in [0.1, 0.15) is 4.88 Å². The zero-order valence-corrected chi connectivity index (χ0v) is 18.2. The number of hydrogen-bond acceptors (Lipinski definition) is 5. The molecule has 4 rings (SSSR count). The SMILES string of the molecule is COc1cc2c(cc1OC)CN(C(=O)CNC(=O)c1sc3ccccc3c1Cl)CC2. The van der Waals surface area contributed by atoms with Crippen molar-refractivity contribution >= 4 is 44.8 Å². The van der Waals surface area contributed by atoms with Crippen molar-refractivity contribution in [2.75, 3.05) is 27.3 Å². The van der Waals surface area contributed by atoms with Gasteiger partial charge in [-0.25, -0.2) is 0 Å². The fraction of sp³-hybridized carbons (Fsp3) is 0.273. The molecule has 1 N–H and O–H groups in total. The summed E-state index contributed by atoms with van der Waals surface area (Å²) in [5.74, 6) is 0.848. The summed E-state index contributed by atoms with van der Waals surface area (Å²) in [6.45, 7) is 0.973. The largest absolute Gasteiger partial charge is 0.493 e. The Morgan fingerprint density at radius 2 is 1.83 bits per heavy atom. The summed E-state index contributed by atoms with van der Waals surface area (Å²) in [6, 6.07) is 11.4. The van der Waals surface area contributed by atoms with Crippen LogP contribution in [0.5, 0.6) is 11.5 Å². The van der Waals surface area contributed by atoms with Crippen LogP contribution in [0.1, 0.15) is 20.8 Å². The number of carbonyl (C=O) groups excluding carboxylic acids is 2. The van der Waals surface area contributed by atoms with E-state index in [1.54, 1.807) is 19.1 Å². The minimum Gasteiger partial charge on any atom is -0.493 e. The zero-order chi connectivity index (χ0) is 21.3. The van der Waals surface area contributed by atoms with Gasteiger partial charge in [-0.3, -0.25) is 9.59 Å². The molecule has 1 aliphatic heterocycles. The highest BCUT2D eigenvalue weighted by Crippen LogP contribution is 2.35. The van der Waals surface area contributed by atoms with Crippen molar-refractivity contribution in [2.45, 2.75) is 13.0 Å². The molecule has 156 valence electrons. The number of nitrogens with zero attached hydrogens (tertiary/aromatic N) is 1. The van der Waals surface area contributed by atoms with E-state index in [1.807, 2.05) is 36.4 Å². The van der Waals surface area contributed by atoms with E-state index in [1.165, 1.54) is 11.3 Å². The van der Waals surface area contributed by atoms with Gasteiger partial charge in [-0.1, -0.05) is 29.8 Å². The number of carbonyl (C=O) groups is 2. The second-order valence-electron chi connectivity index (χ2n) is 6.97. The molecule has 0 unspecified atom stereocenters. The Morgan fingerprint density at radius 3 is 2.53 bits per heavy atom. The van der Waals surface area contributed by atoms with E-state index < -0.39 is 0 Å². The lowest BCUT2D eigenvalue weighted by atomic mass is 9.98. The molecule has 0 saturated carbocycles. The van der Waals surface area contributed by atoms with E-state index in [-0.39, 0.29) is 18.4 Å². The van der Waals surface area contributed by atoms with Gasteiger partial charge in [0.15, 0.2) is 11.5 Å². The molecule has 8 heteroatoms. The first-order valence-electron chi connectivity index (χ1n) is 9.48. The lowest BCUT2D eigenvalue weighted by molar-refractivity contribution is -0.131. The molecular formula is C22H21ClN2O4S. The van der Waals surface area contributed by atoms with Crippen molar-refractivity contribution in [1.82, 2.24) is 10.2 Å². The van der Waals surface area contributed by atoms with Gasteiger partial charge in [0.25, 0.3) is 5.91 Å².